The average Bonchev–Trinajstić information content (AvgIpc) is 3.21. The predicted octanol–water partition coefficient (Wildman–Crippen LogP) is 4.99. The molecule has 1 aromatic heterocycles. The lowest BCUT2D eigenvalue weighted by Gasteiger charge is -2.07. The van der Waals surface area contributed by atoms with Crippen molar-refractivity contribution in [2.75, 3.05) is 12.4 Å². The van der Waals surface area contributed by atoms with Crippen LogP contribution in [-0.2, 0) is 0 Å². The van der Waals surface area contributed by atoms with E-state index in [-0.39, 0.29) is 11.5 Å². The summed E-state index contributed by atoms with van der Waals surface area (Å²) in [5, 5.41) is 7.38. The summed E-state index contributed by atoms with van der Waals surface area (Å²) in [5.74, 6) is -0.183. The summed E-state index contributed by atoms with van der Waals surface area (Å²) in [5.41, 5.74) is 1.39. The number of benzene rings is 3. The number of halogens is 2. The van der Waals surface area contributed by atoms with Crippen molar-refractivity contribution in [2.24, 2.45) is 0 Å². The predicted molar refractivity (Wildman–Crippen MR) is 113 cm³/mol. The van der Waals surface area contributed by atoms with E-state index in [1.807, 2.05) is 6.07 Å². The Kier molecular flexibility index (Phi) is 5.45. The van der Waals surface area contributed by atoms with E-state index in [0.717, 1.165) is 0 Å². The number of nitrogens with one attached hydrogen (secondary N) is 1. The Labute approximate surface area is 176 Å². The smallest absolute Gasteiger partial charge is 0.295 e. The Morgan fingerprint density at radius 2 is 1.83 bits per heavy atom. The molecule has 0 radical (unpaired) electrons. The maximum Gasteiger partial charge on any atom is 0.295 e. The van der Waals surface area contributed by atoms with E-state index >= 15 is 0 Å². The van der Waals surface area contributed by atoms with Crippen molar-refractivity contribution in [3.63, 3.8) is 0 Å². The van der Waals surface area contributed by atoms with Gasteiger partial charge in [-0.1, -0.05) is 35.9 Å². The quantitative estimate of drug-likeness (QED) is 0.492. The Morgan fingerprint density at radius 3 is 2.53 bits per heavy atom. The van der Waals surface area contributed by atoms with Gasteiger partial charge in [0.1, 0.15) is 11.6 Å². The first kappa shape index (κ1) is 19.6. The molecule has 150 valence electrons. The Bertz CT molecular complexity index is 1210. The summed E-state index contributed by atoms with van der Waals surface area (Å²) in [6, 6.07) is 20.1. The fraction of sp³-hybridized carbons (Fsp3) is 0.0455. The van der Waals surface area contributed by atoms with Crippen molar-refractivity contribution < 1.29 is 13.9 Å². The second-order valence-corrected chi connectivity index (χ2v) is 6.75. The molecular weight excluding hydrogens is 407 g/mol. The zero-order chi connectivity index (χ0) is 21.1. The number of methoxy groups -OCH3 is 1. The molecule has 0 saturated carbocycles. The van der Waals surface area contributed by atoms with Crippen LogP contribution in [0, 0.1) is 5.82 Å². The van der Waals surface area contributed by atoms with E-state index < -0.39 is 11.7 Å². The van der Waals surface area contributed by atoms with E-state index in [0.29, 0.717) is 27.8 Å². The van der Waals surface area contributed by atoms with Crippen molar-refractivity contribution in [2.45, 2.75) is 0 Å². The third-order valence-electron chi connectivity index (χ3n) is 4.33. The van der Waals surface area contributed by atoms with Gasteiger partial charge in [0.25, 0.3) is 5.91 Å². The Morgan fingerprint density at radius 1 is 1.07 bits per heavy atom. The van der Waals surface area contributed by atoms with Gasteiger partial charge in [-0.15, -0.1) is 5.10 Å². The number of rotatable bonds is 5. The molecule has 30 heavy (non-hydrogen) atoms. The largest absolute Gasteiger partial charge is 0.497 e. The number of anilines is 1. The van der Waals surface area contributed by atoms with Crippen LogP contribution in [0.15, 0.2) is 72.8 Å². The first-order chi connectivity index (χ1) is 14.5. The first-order valence-corrected chi connectivity index (χ1v) is 9.36. The highest BCUT2D eigenvalue weighted by Crippen LogP contribution is 2.25. The minimum atomic E-state index is -0.629. The van der Waals surface area contributed by atoms with Crippen LogP contribution in [0.3, 0.4) is 0 Å². The normalized spacial score (nSPS) is 10.6. The molecule has 0 atom stereocenters. The molecule has 6 nitrogen and oxygen atoms in total. The maximum atomic E-state index is 13.9. The lowest BCUT2D eigenvalue weighted by Crippen LogP contribution is -2.15. The van der Waals surface area contributed by atoms with Crippen LogP contribution >= 0.6 is 11.6 Å². The zero-order valence-corrected chi connectivity index (χ0v) is 16.6. The molecule has 8 heteroatoms. The number of carbonyl (C=O) groups excluding carboxylic acids is 1. The van der Waals surface area contributed by atoms with Gasteiger partial charge >= 0.3 is 0 Å². The second-order valence-electron chi connectivity index (χ2n) is 6.31. The van der Waals surface area contributed by atoms with Crippen LogP contribution < -0.4 is 10.1 Å². The number of hydrogen-bond acceptors (Lipinski definition) is 4. The molecule has 1 heterocycles. The Balaban J connectivity index is 1.77. The van der Waals surface area contributed by atoms with Gasteiger partial charge < -0.3 is 10.1 Å². The molecule has 0 bridgehead atoms. The number of ether oxygens (including phenoxy) is 1. The second kappa shape index (κ2) is 8.34. The molecule has 0 spiro atoms. The van der Waals surface area contributed by atoms with Crippen LogP contribution in [0.1, 0.15) is 10.6 Å². The molecule has 1 N–H and O–H groups in total. The van der Waals surface area contributed by atoms with Crippen molar-refractivity contribution >= 4 is 23.2 Å². The molecule has 4 rings (SSSR count). The molecule has 0 unspecified atom stereocenters. The van der Waals surface area contributed by atoms with Gasteiger partial charge in [0.15, 0.2) is 5.82 Å². The van der Waals surface area contributed by atoms with Crippen LogP contribution in [0.2, 0.25) is 5.02 Å². The van der Waals surface area contributed by atoms with E-state index in [4.69, 9.17) is 16.3 Å². The number of carbonyl (C=O) groups is 1. The van der Waals surface area contributed by atoms with Crippen LogP contribution in [0.5, 0.6) is 5.75 Å². The fourth-order valence-corrected chi connectivity index (χ4v) is 3.06. The summed E-state index contributed by atoms with van der Waals surface area (Å²) in [7, 11) is 1.58. The van der Waals surface area contributed by atoms with Gasteiger partial charge in [0.2, 0.25) is 5.82 Å². The third kappa shape index (κ3) is 4.01. The summed E-state index contributed by atoms with van der Waals surface area (Å²) < 4.78 is 20.6. The molecule has 1 amide bonds. The standard InChI is InChI=1S/C22H16ClFN4O2/c1-30-17-11-9-16(10-12-17)28-21(14-5-4-6-15(23)13-14)26-20(27-28)22(29)25-19-8-3-2-7-18(19)24/h2-13H,1H3,(H,25,29). The lowest BCUT2D eigenvalue weighted by molar-refractivity contribution is 0.101. The van der Waals surface area contributed by atoms with Gasteiger partial charge in [-0.3, -0.25) is 4.79 Å². The minimum Gasteiger partial charge on any atom is -0.497 e. The van der Waals surface area contributed by atoms with E-state index in [1.54, 1.807) is 61.7 Å². The average molecular weight is 423 g/mol. The molecule has 0 aliphatic heterocycles. The van der Waals surface area contributed by atoms with E-state index in [9.17, 15) is 9.18 Å². The summed E-state index contributed by atoms with van der Waals surface area (Å²) in [6.07, 6.45) is 0. The number of amides is 1. The number of nitrogens with zero attached hydrogens (tertiary/aromatic N) is 3. The van der Waals surface area contributed by atoms with Crippen molar-refractivity contribution in [3.05, 3.63) is 89.5 Å². The molecule has 4 aromatic rings. The maximum absolute atomic E-state index is 13.9. The third-order valence-corrected chi connectivity index (χ3v) is 4.57. The minimum absolute atomic E-state index is 0.0487. The lowest BCUT2D eigenvalue weighted by atomic mass is 10.2. The molecule has 0 aliphatic rings. The van der Waals surface area contributed by atoms with Gasteiger partial charge in [-0.05, 0) is 48.5 Å². The van der Waals surface area contributed by atoms with Crippen LogP contribution in [0.4, 0.5) is 10.1 Å². The van der Waals surface area contributed by atoms with E-state index in [2.05, 4.69) is 15.4 Å². The van der Waals surface area contributed by atoms with Crippen LogP contribution in [-0.4, -0.2) is 27.8 Å². The van der Waals surface area contributed by atoms with Gasteiger partial charge in [0, 0.05) is 10.6 Å². The highest BCUT2D eigenvalue weighted by molar-refractivity contribution is 6.30. The summed E-state index contributed by atoms with van der Waals surface area (Å²) >= 11 is 6.13. The number of hydrogen-bond donors (Lipinski definition) is 1. The molecule has 0 fully saturated rings. The Hall–Kier alpha value is -3.71. The highest BCUT2D eigenvalue weighted by atomic mass is 35.5. The van der Waals surface area contributed by atoms with Gasteiger partial charge in [-0.25, -0.2) is 14.1 Å². The number of para-hydroxylation sites is 1. The monoisotopic (exact) mass is 422 g/mol. The fourth-order valence-electron chi connectivity index (χ4n) is 2.87. The molecule has 0 saturated heterocycles. The van der Waals surface area contributed by atoms with Crippen LogP contribution in [0.25, 0.3) is 17.1 Å². The summed E-state index contributed by atoms with van der Waals surface area (Å²) in [6.45, 7) is 0. The topological polar surface area (TPSA) is 69.0 Å². The highest BCUT2D eigenvalue weighted by Gasteiger charge is 2.20. The molecular formula is C22H16ClFN4O2. The van der Waals surface area contributed by atoms with Gasteiger partial charge in [0.05, 0.1) is 18.5 Å². The summed E-state index contributed by atoms with van der Waals surface area (Å²) in [4.78, 5) is 17.1. The van der Waals surface area contributed by atoms with E-state index in [1.165, 1.54) is 16.8 Å². The van der Waals surface area contributed by atoms with Gasteiger partial charge in [-0.2, -0.15) is 0 Å². The SMILES string of the molecule is COc1ccc(-n2nc(C(=O)Nc3ccccc3F)nc2-c2cccc(Cl)c2)cc1. The molecule has 3 aromatic carbocycles. The van der Waals surface area contributed by atoms with Crippen molar-refractivity contribution in [1.29, 1.82) is 0 Å². The van der Waals surface area contributed by atoms with Crippen molar-refractivity contribution in [1.82, 2.24) is 14.8 Å². The zero-order valence-electron chi connectivity index (χ0n) is 15.8. The molecule has 0 aliphatic carbocycles. The first-order valence-electron chi connectivity index (χ1n) is 8.98. The number of aromatic nitrogens is 3. The van der Waals surface area contributed by atoms with Crippen molar-refractivity contribution in [3.8, 4) is 22.8 Å².